The summed E-state index contributed by atoms with van der Waals surface area (Å²) in [6.45, 7) is 25.0. The lowest BCUT2D eigenvalue weighted by molar-refractivity contribution is -0.302. The molecule has 0 aromatic carbocycles. The SMILES string of the molecule is COC1CC(C=C(C)C2OC(=O)C3CCCCN3C(=O)C(=O)C3(O)OC(C(OC)CC(C)C/C(C)=C/C(C)C(=O)CC(O[Si](C(C)C)(C(C)C)C(C)C)C2C)C(OC)CC3C)CCC1O. The van der Waals surface area contributed by atoms with Gasteiger partial charge in [0.15, 0.2) is 0 Å². The normalized spacial score (nSPS) is 38.0. The van der Waals surface area contributed by atoms with Gasteiger partial charge < -0.3 is 43.2 Å². The van der Waals surface area contributed by atoms with Gasteiger partial charge in [-0.2, -0.15) is 0 Å². The lowest BCUT2D eigenvalue weighted by Crippen LogP contribution is -2.64. The number of ketones is 2. The Labute approximate surface area is 392 Å². The molecule has 4 rings (SSSR count). The molecule has 4 aliphatic rings. The minimum absolute atomic E-state index is 0.0224. The number of carbonyl (C=O) groups excluding carboxylic acids is 4. The molecule has 0 spiro atoms. The summed E-state index contributed by atoms with van der Waals surface area (Å²) in [5.74, 6) is -6.96. The summed E-state index contributed by atoms with van der Waals surface area (Å²) in [6, 6.07) is -1.11. The molecule has 1 aliphatic carbocycles. The van der Waals surface area contributed by atoms with Crippen molar-refractivity contribution >= 4 is 31.8 Å². The van der Waals surface area contributed by atoms with Crippen LogP contribution in [0.1, 0.15) is 147 Å². The van der Waals surface area contributed by atoms with Crippen LogP contribution in [0.3, 0.4) is 0 Å². The standard InChI is InChI=1S/C51H87NO12Si/c1-29(2)65(30(3)4,31(5)6)64-42-28-41(54)34(9)23-32(7)22-33(8)24-44(60-14)47-45(61-15)26-36(11)51(58,63-47)48(55)49(56)52-21-17-16-18-39(52)50(57)62-46(37(42)12)35(10)25-38-19-20-40(53)43(27-38)59-13/h23,25,29-31,33-34,36-40,42-47,53,58H,16-22,24,26-28H2,1-15H3/b32-23+,35-25?. The van der Waals surface area contributed by atoms with Gasteiger partial charge in [0.1, 0.15) is 24.0 Å². The van der Waals surface area contributed by atoms with E-state index in [4.69, 9.17) is 28.1 Å². The molecule has 1 amide bonds. The number of methoxy groups -OCH3 is 3. The highest BCUT2D eigenvalue weighted by Crippen LogP contribution is 2.45. The summed E-state index contributed by atoms with van der Waals surface area (Å²) in [5, 5.41) is 22.9. The van der Waals surface area contributed by atoms with E-state index in [1.165, 1.54) is 4.90 Å². The van der Waals surface area contributed by atoms with Crippen LogP contribution in [0.25, 0.3) is 0 Å². The van der Waals surface area contributed by atoms with Crippen molar-refractivity contribution < 1.29 is 57.5 Å². The van der Waals surface area contributed by atoms with Crippen molar-refractivity contribution in [2.45, 2.75) is 218 Å². The summed E-state index contributed by atoms with van der Waals surface area (Å²) >= 11 is 0. The Morgan fingerprint density at radius 2 is 1.43 bits per heavy atom. The molecular weight excluding hydrogens is 847 g/mol. The fourth-order valence-corrected chi connectivity index (χ4v) is 17.6. The molecule has 3 fully saturated rings. The molecule has 3 heterocycles. The van der Waals surface area contributed by atoms with E-state index in [9.17, 15) is 29.4 Å². The zero-order chi connectivity index (χ0) is 48.7. The van der Waals surface area contributed by atoms with Gasteiger partial charge in [0.25, 0.3) is 11.7 Å². The number of hydrogen-bond donors (Lipinski definition) is 2. The third-order valence-electron chi connectivity index (χ3n) is 15.6. The summed E-state index contributed by atoms with van der Waals surface area (Å²) in [6.07, 6.45) is 4.48. The fourth-order valence-electron chi connectivity index (χ4n) is 12.0. The third kappa shape index (κ3) is 12.7. The largest absolute Gasteiger partial charge is 0.456 e. The molecule has 3 aliphatic heterocycles. The number of Topliss-reactive ketones (excluding diaryl/α,β-unsaturated/α-hetero) is 2. The van der Waals surface area contributed by atoms with Crippen molar-refractivity contribution in [1.29, 1.82) is 0 Å². The van der Waals surface area contributed by atoms with Crippen LogP contribution in [0.15, 0.2) is 23.3 Å². The van der Waals surface area contributed by atoms with Crippen LogP contribution in [0.5, 0.6) is 0 Å². The first-order valence-electron chi connectivity index (χ1n) is 24.8. The highest BCUT2D eigenvalue weighted by atomic mass is 28.4. The molecule has 372 valence electrons. The second-order valence-electron chi connectivity index (χ2n) is 21.3. The molecule has 2 bridgehead atoms. The van der Waals surface area contributed by atoms with Gasteiger partial charge >= 0.3 is 5.97 Å². The lowest BCUT2D eigenvalue weighted by Gasteiger charge is -2.47. The van der Waals surface area contributed by atoms with Gasteiger partial charge in [0.2, 0.25) is 14.1 Å². The molecule has 13 nitrogen and oxygen atoms in total. The average Bonchev–Trinajstić information content (AvgIpc) is 3.25. The van der Waals surface area contributed by atoms with Gasteiger partial charge in [0, 0.05) is 52.0 Å². The number of amides is 1. The van der Waals surface area contributed by atoms with Gasteiger partial charge in [-0.25, -0.2) is 4.79 Å². The number of hydrogen-bond acceptors (Lipinski definition) is 12. The maximum absolute atomic E-state index is 14.9. The Morgan fingerprint density at radius 3 is 2.02 bits per heavy atom. The van der Waals surface area contributed by atoms with Crippen molar-refractivity contribution in [3.8, 4) is 0 Å². The van der Waals surface area contributed by atoms with Crippen molar-refractivity contribution in [2.24, 2.45) is 29.6 Å². The van der Waals surface area contributed by atoms with Gasteiger partial charge in [0.05, 0.1) is 30.5 Å². The Hall–Kier alpha value is -2.30. The maximum atomic E-state index is 14.9. The smallest absolute Gasteiger partial charge is 0.329 e. The number of aliphatic hydroxyl groups is 2. The molecule has 2 N–H and O–H groups in total. The van der Waals surface area contributed by atoms with E-state index in [-0.39, 0.29) is 66.2 Å². The topological polar surface area (TPSA) is 167 Å². The molecule has 2 saturated heterocycles. The fraction of sp³-hybridized carbons (Fsp3) is 0.843. The number of cyclic esters (lactones) is 1. The number of piperidine rings is 1. The van der Waals surface area contributed by atoms with Crippen LogP contribution >= 0.6 is 0 Å². The van der Waals surface area contributed by atoms with Crippen molar-refractivity contribution in [1.82, 2.24) is 4.90 Å². The van der Waals surface area contributed by atoms with Crippen molar-refractivity contribution in [2.75, 3.05) is 27.9 Å². The number of fused-ring (bicyclic) bond motifs is 3. The first-order chi connectivity index (χ1) is 30.5. The zero-order valence-corrected chi connectivity index (χ0v) is 43.6. The van der Waals surface area contributed by atoms with Crippen LogP contribution in [-0.4, -0.2) is 129 Å². The minimum atomic E-state index is -2.63. The molecule has 0 radical (unpaired) electrons. The van der Waals surface area contributed by atoms with Gasteiger partial charge in [-0.05, 0) is 106 Å². The average molecular weight is 934 g/mol. The monoisotopic (exact) mass is 934 g/mol. The number of nitrogens with zero attached hydrogens (tertiary/aromatic N) is 1. The van der Waals surface area contributed by atoms with Crippen molar-refractivity contribution in [3.63, 3.8) is 0 Å². The Bertz CT molecular complexity index is 1660. The summed E-state index contributed by atoms with van der Waals surface area (Å²) < 4.78 is 38.1. The second kappa shape index (κ2) is 23.8. The molecule has 14 heteroatoms. The Morgan fingerprint density at radius 1 is 0.831 bits per heavy atom. The number of allylic oxidation sites excluding steroid dienone is 3. The van der Waals surface area contributed by atoms with Crippen LogP contribution in [0.4, 0.5) is 0 Å². The summed E-state index contributed by atoms with van der Waals surface area (Å²) in [5.41, 5.74) is 2.45. The summed E-state index contributed by atoms with van der Waals surface area (Å²) in [7, 11) is 2.08. The highest BCUT2D eigenvalue weighted by molar-refractivity contribution is 6.77. The minimum Gasteiger partial charge on any atom is -0.456 e. The molecule has 0 aromatic rings. The predicted molar refractivity (Wildman–Crippen MR) is 253 cm³/mol. The first-order valence-corrected chi connectivity index (χ1v) is 26.9. The number of carbonyl (C=O) groups is 4. The van der Waals surface area contributed by atoms with E-state index >= 15 is 0 Å². The second-order valence-corrected chi connectivity index (χ2v) is 26.7. The van der Waals surface area contributed by atoms with Gasteiger partial charge in [-0.1, -0.05) is 87.0 Å². The molecule has 14 unspecified atom stereocenters. The van der Waals surface area contributed by atoms with Crippen LogP contribution < -0.4 is 0 Å². The highest BCUT2D eigenvalue weighted by Gasteiger charge is 2.57. The summed E-state index contributed by atoms with van der Waals surface area (Å²) in [4.78, 5) is 59.8. The molecule has 1 saturated carbocycles. The van der Waals surface area contributed by atoms with Gasteiger partial charge in [-0.3, -0.25) is 14.4 Å². The van der Waals surface area contributed by atoms with E-state index in [1.54, 1.807) is 28.3 Å². The van der Waals surface area contributed by atoms with Gasteiger partial charge in [-0.15, -0.1) is 0 Å². The van der Waals surface area contributed by atoms with Crippen LogP contribution in [0, 0.1) is 29.6 Å². The number of aliphatic hydroxyl groups excluding tert-OH is 1. The molecular formula is C51H87NO12Si. The molecule has 14 atom stereocenters. The molecule has 0 aromatic heterocycles. The number of esters is 1. The Balaban J connectivity index is 1.91. The quantitative estimate of drug-likeness (QED) is 0.0933. The predicted octanol–water partition coefficient (Wildman–Crippen LogP) is 8.28. The van der Waals surface area contributed by atoms with E-state index in [1.807, 2.05) is 33.8 Å². The van der Waals surface area contributed by atoms with E-state index in [0.717, 1.165) is 11.1 Å². The number of ether oxygens (including phenoxy) is 5. The van der Waals surface area contributed by atoms with E-state index in [2.05, 4.69) is 54.5 Å². The Kier molecular flexibility index (Phi) is 20.3. The molecule has 65 heavy (non-hydrogen) atoms. The maximum Gasteiger partial charge on any atom is 0.329 e. The lowest BCUT2D eigenvalue weighted by atomic mass is 9.82. The van der Waals surface area contributed by atoms with E-state index in [0.29, 0.717) is 44.9 Å². The van der Waals surface area contributed by atoms with E-state index < -0.39 is 92.2 Å². The van der Waals surface area contributed by atoms with Crippen molar-refractivity contribution in [3.05, 3.63) is 23.3 Å². The zero-order valence-electron chi connectivity index (χ0n) is 42.6. The third-order valence-corrected chi connectivity index (χ3v) is 21.8. The number of rotatable bonds is 10. The van der Waals surface area contributed by atoms with Crippen LogP contribution in [-0.2, 0) is 47.3 Å². The van der Waals surface area contributed by atoms with Crippen LogP contribution in [0.2, 0.25) is 16.6 Å². The first kappa shape index (κ1) is 55.3.